The van der Waals surface area contributed by atoms with Crippen molar-refractivity contribution < 1.29 is 12.1 Å². The number of para-hydroxylation sites is 1. The van der Waals surface area contributed by atoms with Crippen LogP contribution in [-0.2, 0) is 5.41 Å². The second-order valence-electron chi connectivity index (χ2n) is 8.34. The van der Waals surface area contributed by atoms with Crippen molar-refractivity contribution in [1.82, 2.24) is 25.4 Å². The number of benzene rings is 1. The lowest BCUT2D eigenvalue weighted by Crippen LogP contribution is -2.39. The van der Waals surface area contributed by atoms with Gasteiger partial charge in [-0.15, -0.1) is 0 Å². The van der Waals surface area contributed by atoms with Gasteiger partial charge in [-0.3, -0.25) is 9.97 Å². The van der Waals surface area contributed by atoms with Crippen molar-refractivity contribution in [2.75, 3.05) is 20.2 Å². The third-order valence-corrected chi connectivity index (χ3v) is 6.30. The molecule has 1 fully saturated rings. The first-order valence-corrected chi connectivity index (χ1v) is 11.2. The van der Waals surface area contributed by atoms with Gasteiger partial charge < -0.3 is 14.6 Å². The second-order valence-corrected chi connectivity index (χ2v) is 8.34. The predicted molar refractivity (Wildman–Crippen MR) is 131 cm³/mol. The van der Waals surface area contributed by atoms with Gasteiger partial charge in [-0.25, -0.2) is 4.98 Å². The first-order chi connectivity index (χ1) is 16.6. The zero-order chi connectivity index (χ0) is 23.5. The summed E-state index contributed by atoms with van der Waals surface area (Å²) < 4.78 is 11.1. The Hall–Kier alpha value is -4.09. The Morgan fingerprint density at radius 3 is 2.74 bits per heavy atom. The van der Waals surface area contributed by atoms with E-state index in [4.69, 9.17) is 14.2 Å². The number of nitriles is 1. The van der Waals surface area contributed by atoms with Gasteiger partial charge in [-0.1, -0.05) is 17.3 Å². The Labute approximate surface area is 200 Å². The van der Waals surface area contributed by atoms with E-state index in [-0.39, 0.29) is 2.85 Å². The number of piperidine rings is 1. The van der Waals surface area contributed by atoms with Crippen LogP contribution in [0.2, 0.25) is 0 Å². The van der Waals surface area contributed by atoms with E-state index in [1.165, 1.54) is 0 Å². The van der Waals surface area contributed by atoms with Gasteiger partial charge in [-0.2, -0.15) is 5.26 Å². The van der Waals surface area contributed by atoms with Crippen molar-refractivity contribution in [2.45, 2.75) is 25.2 Å². The topological polar surface area (TPSA) is 110 Å². The van der Waals surface area contributed by atoms with Crippen LogP contribution in [0.15, 0.2) is 59.4 Å². The fourth-order valence-electron chi connectivity index (χ4n) is 4.32. The molecule has 174 valence electrons. The number of hydrogen-bond donors (Lipinski definition) is 1. The summed E-state index contributed by atoms with van der Waals surface area (Å²) in [5.74, 6) is 1.24. The lowest BCUT2D eigenvalue weighted by Gasteiger charge is -2.30. The number of methoxy groups -OCH3 is 1. The van der Waals surface area contributed by atoms with Crippen LogP contribution in [0, 0.1) is 18.3 Å². The largest absolute Gasteiger partial charge is 0.496 e. The van der Waals surface area contributed by atoms with Crippen LogP contribution >= 0.6 is 0 Å². The van der Waals surface area contributed by atoms with Crippen LogP contribution in [-0.4, -0.2) is 40.3 Å². The van der Waals surface area contributed by atoms with Crippen molar-refractivity contribution in [2.24, 2.45) is 0 Å². The molecule has 1 aliphatic rings. The molecule has 0 spiro atoms. The number of rotatable bonds is 5. The molecule has 0 saturated carbocycles. The van der Waals surface area contributed by atoms with Crippen LogP contribution in [0.5, 0.6) is 5.75 Å². The third kappa shape index (κ3) is 3.91. The smallest absolute Gasteiger partial charge is 0.187 e. The molecule has 0 aliphatic carbocycles. The van der Waals surface area contributed by atoms with E-state index in [9.17, 15) is 5.26 Å². The maximum atomic E-state index is 9.95. The summed E-state index contributed by atoms with van der Waals surface area (Å²) in [6.07, 6.45) is 4.93. The molecule has 4 heterocycles. The number of hydrogen-bond acceptors (Lipinski definition) is 8. The highest BCUT2D eigenvalue weighted by Gasteiger charge is 2.35. The van der Waals surface area contributed by atoms with Crippen molar-refractivity contribution in [3.63, 3.8) is 0 Å². The Kier molecular flexibility index (Phi) is 5.78. The van der Waals surface area contributed by atoms with Gasteiger partial charge in [0.25, 0.3) is 0 Å². The molecule has 0 atom stereocenters. The van der Waals surface area contributed by atoms with Crippen LogP contribution in [0.25, 0.3) is 34.0 Å². The number of aromatic nitrogens is 4. The number of pyridine rings is 1. The van der Waals surface area contributed by atoms with Crippen LogP contribution in [0.1, 0.15) is 27.1 Å². The molecular formula is C26H28N6O2. The Morgan fingerprint density at radius 1 is 1.12 bits per heavy atom. The van der Waals surface area contributed by atoms with E-state index in [0.717, 1.165) is 48.4 Å². The molecule has 0 radical (unpaired) electrons. The lowest BCUT2D eigenvalue weighted by molar-refractivity contribution is 0.375. The van der Waals surface area contributed by atoms with Gasteiger partial charge in [0.15, 0.2) is 5.76 Å². The zero-order valence-corrected chi connectivity index (χ0v) is 19.1. The summed E-state index contributed by atoms with van der Waals surface area (Å²) >= 11 is 0. The van der Waals surface area contributed by atoms with Crippen molar-refractivity contribution in [3.8, 4) is 45.8 Å². The highest BCUT2D eigenvalue weighted by Crippen LogP contribution is 2.35. The average Bonchev–Trinajstić information content (AvgIpc) is 3.39. The fraction of sp³-hybridized carbons (Fsp3) is 0.269. The van der Waals surface area contributed by atoms with Gasteiger partial charge in [0.05, 0.1) is 36.5 Å². The molecule has 8 heteroatoms. The van der Waals surface area contributed by atoms with Gasteiger partial charge in [0.2, 0.25) is 0 Å². The minimum atomic E-state index is -0.587. The fourth-order valence-corrected chi connectivity index (χ4v) is 4.32. The first kappa shape index (κ1) is 21.7. The molecule has 0 amide bonds. The van der Waals surface area contributed by atoms with Gasteiger partial charge in [-0.05, 0) is 57.1 Å². The van der Waals surface area contributed by atoms with E-state index in [1.807, 2.05) is 49.4 Å². The Morgan fingerprint density at radius 2 is 1.94 bits per heavy atom. The van der Waals surface area contributed by atoms with E-state index in [0.29, 0.717) is 28.6 Å². The zero-order valence-electron chi connectivity index (χ0n) is 19.1. The number of aryl methyl sites for hydroxylation is 1. The summed E-state index contributed by atoms with van der Waals surface area (Å²) in [6.45, 7) is 3.48. The molecule has 8 nitrogen and oxygen atoms in total. The van der Waals surface area contributed by atoms with E-state index in [1.54, 1.807) is 19.5 Å². The van der Waals surface area contributed by atoms with E-state index >= 15 is 0 Å². The summed E-state index contributed by atoms with van der Waals surface area (Å²) in [6, 6.07) is 15.8. The van der Waals surface area contributed by atoms with E-state index < -0.39 is 5.41 Å². The molecule has 1 aliphatic heterocycles. The summed E-state index contributed by atoms with van der Waals surface area (Å²) in [4.78, 5) is 13.9. The highest BCUT2D eigenvalue weighted by molar-refractivity contribution is 5.71. The maximum Gasteiger partial charge on any atom is 0.187 e. The highest BCUT2D eigenvalue weighted by atomic mass is 16.5. The van der Waals surface area contributed by atoms with Crippen molar-refractivity contribution >= 4 is 0 Å². The van der Waals surface area contributed by atoms with Crippen LogP contribution in [0.4, 0.5) is 0 Å². The molecule has 4 aromatic rings. The third-order valence-electron chi connectivity index (χ3n) is 6.30. The average molecular weight is 457 g/mol. The number of nitrogens with zero attached hydrogens (tertiary/aromatic N) is 5. The van der Waals surface area contributed by atoms with Crippen molar-refractivity contribution in [3.05, 3.63) is 66.2 Å². The van der Waals surface area contributed by atoms with Crippen LogP contribution in [0.3, 0.4) is 0 Å². The van der Waals surface area contributed by atoms with Gasteiger partial charge in [0.1, 0.15) is 22.6 Å². The number of nitrogens with one attached hydrogen (secondary N) is 1. The molecule has 1 aromatic carbocycles. The molecule has 1 N–H and O–H groups in total. The molecule has 0 unspecified atom stereocenters. The normalized spacial score (nSPS) is 15.0. The van der Waals surface area contributed by atoms with Crippen LogP contribution < -0.4 is 10.1 Å². The second kappa shape index (κ2) is 9.04. The molecule has 5 rings (SSSR count). The SMILES string of the molecule is COc1ccccc1-c1cc(-c2nc(-c3ccnc(C4(C#N)CCNCC4)c3)cnc2C)on1.[HH].[HH]. The van der Waals surface area contributed by atoms with Gasteiger partial charge >= 0.3 is 0 Å². The molecule has 34 heavy (non-hydrogen) atoms. The van der Waals surface area contributed by atoms with E-state index in [2.05, 4.69) is 26.5 Å². The number of ether oxygens (including phenoxy) is 1. The monoisotopic (exact) mass is 456 g/mol. The first-order valence-electron chi connectivity index (χ1n) is 11.2. The summed E-state index contributed by atoms with van der Waals surface area (Å²) in [5.41, 5.74) is 4.57. The quantitative estimate of drug-likeness (QED) is 0.455. The van der Waals surface area contributed by atoms with Crippen molar-refractivity contribution in [1.29, 1.82) is 5.26 Å². The molecule has 0 bridgehead atoms. The Bertz CT molecular complexity index is 1380. The molecule has 1 saturated heterocycles. The van der Waals surface area contributed by atoms with Gasteiger partial charge in [0, 0.05) is 26.2 Å². The predicted octanol–water partition coefficient (Wildman–Crippen LogP) is 4.81. The molecule has 3 aromatic heterocycles. The molecular weight excluding hydrogens is 428 g/mol. The maximum absolute atomic E-state index is 9.95. The lowest BCUT2D eigenvalue weighted by atomic mass is 9.77. The minimum absolute atomic E-state index is 0. The summed E-state index contributed by atoms with van der Waals surface area (Å²) in [5, 5.41) is 17.5. The Balaban J connectivity index is 0.00000180. The summed E-state index contributed by atoms with van der Waals surface area (Å²) in [7, 11) is 1.63. The minimum Gasteiger partial charge on any atom is -0.496 e. The standard InChI is InChI=1S/C26H24N6O2.2H2/c1-17-25(23-14-20(32-34-23)19-5-3-4-6-22(19)33-2)31-21(15-30-17)18-7-10-29-24(13-18)26(16-27)8-11-28-12-9-26;;/h3-7,10,13-15,28H,8-9,11-12H2,1-2H3;2*1H.